The molecule has 0 spiro atoms. The van der Waals surface area contributed by atoms with Crippen LogP contribution in [0, 0.1) is 0 Å². The van der Waals surface area contributed by atoms with E-state index in [-0.39, 0.29) is 5.91 Å². The van der Waals surface area contributed by atoms with Gasteiger partial charge in [0.25, 0.3) is 11.1 Å². The van der Waals surface area contributed by atoms with Gasteiger partial charge < -0.3 is 10.1 Å². The summed E-state index contributed by atoms with van der Waals surface area (Å²) in [6, 6.07) is 11.3. The number of thiophene rings is 1. The van der Waals surface area contributed by atoms with Crippen molar-refractivity contribution in [3.8, 4) is 10.9 Å². The number of nitrogens with one attached hydrogen (secondary N) is 1. The van der Waals surface area contributed by atoms with Crippen LogP contribution < -0.4 is 10.1 Å². The summed E-state index contributed by atoms with van der Waals surface area (Å²) < 4.78 is 5.58. The number of carbonyl (C=O) groups excluding carboxylic acids is 1. The molecule has 1 aromatic carbocycles. The average molecular weight is 316 g/mol. The number of carbonyl (C=O) groups is 1. The van der Waals surface area contributed by atoms with Crippen molar-refractivity contribution in [1.29, 1.82) is 0 Å². The van der Waals surface area contributed by atoms with Crippen molar-refractivity contribution in [3.05, 3.63) is 63.8 Å². The molecule has 1 amide bonds. The monoisotopic (exact) mass is 316 g/mol. The molecule has 1 N–H and O–H groups in total. The second-order valence-corrected chi connectivity index (χ2v) is 6.01. The first-order valence-corrected chi connectivity index (χ1v) is 8.05. The summed E-state index contributed by atoms with van der Waals surface area (Å²) >= 11 is 2.88. The Kier molecular flexibility index (Phi) is 4.28. The van der Waals surface area contributed by atoms with Crippen LogP contribution in [0.2, 0.25) is 0 Å². The highest BCUT2D eigenvalue weighted by Gasteiger charge is 2.06. The highest BCUT2D eigenvalue weighted by molar-refractivity contribution is 7.12. The van der Waals surface area contributed by atoms with E-state index in [1.165, 1.54) is 22.7 Å². The molecule has 21 heavy (non-hydrogen) atoms. The van der Waals surface area contributed by atoms with Gasteiger partial charge in [-0.2, -0.15) is 0 Å². The lowest BCUT2D eigenvalue weighted by atomic mass is 10.2. The van der Waals surface area contributed by atoms with Crippen molar-refractivity contribution >= 4 is 28.6 Å². The highest BCUT2D eigenvalue weighted by atomic mass is 32.1. The minimum absolute atomic E-state index is 0.0480. The molecule has 0 bridgehead atoms. The van der Waals surface area contributed by atoms with Gasteiger partial charge in [0, 0.05) is 18.1 Å². The molecular formula is C15H12N2O2S2. The van der Waals surface area contributed by atoms with E-state index >= 15 is 0 Å². The molecular weight excluding hydrogens is 304 g/mol. The Labute approximate surface area is 130 Å². The molecule has 2 heterocycles. The minimum atomic E-state index is -0.0480. The number of hydrogen-bond donors (Lipinski definition) is 1. The first-order chi connectivity index (χ1) is 10.3. The zero-order chi connectivity index (χ0) is 14.5. The molecule has 0 atom stereocenters. The number of hydrogen-bond acceptors (Lipinski definition) is 5. The van der Waals surface area contributed by atoms with Crippen LogP contribution in [0.1, 0.15) is 15.2 Å². The van der Waals surface area contributed by atoms with E-state index in [0.717, 1.165) is 16.2 Å². The molecule has 4 nitrogen and oxygen atoms in total. The predicted octanol–water partition coefficient (Wildman–Crippen LogP) is 3.93. The normalized spacial score (nSPS) is 10.3. The summed E-state index contributed by atoms with van der Waals surface area (Å²) in [5.41, 5.74) is 1.02. The van der Waals surface area contributed by atoms with Gasteiger partial charge in [-0.15, -0.1) is 11.3 Å². The maximum absolute atomic E-state index is 11.8. The molecule has 106 valence electrons. The van der Waals surface area contributed by atoms with Gasteiger partial charge in [-0.25, -0.2) is 4.98 Å². The van der Waals surface area contributed by atoms with Crippen molar-refractivity contribution in [2.75, 3.05) is 0 Å². The predicted molar refractivity (Wildman–Crippen MR) is 84.1 cm³/mol. The zero-order valence-corrected chi connectivity index (χ0v) is 12.6. The topological polar surface area (TPSA) is 51.2 Å². The van der Waals surface area contributed by atoms with E-state index in [0.29, 0.717) is 11.7 Å². The van der Waals surface area contributed by atoms with E-state index < -0.39 is 0 Å². The molecule has 0 saturated heterocycles. The average Bonchev–Trinajstić information content (AvgIpc) is 3.19. The van der Waals surface area contributed by atoms with Gasteiger partial charge in [0.1, 0.15) is 5.75 Å². The number of ether oxygens (including phenoxy) is 1. The first kappa shape index (κ1) is 13.8. The highest BCUT2D eigenvalue weighted by Crippen LogP contribution is 2.23. The number of rotatable bonds is 5. The minimum Gasteiger partial charge on any atom is -0.431 e. The number of aromatic nitrogens is 1. The van der Waals surface area contributed by atoms with Gasteiger partial charge in [0.15, 0.2) is 0 Å². The van der Waals surface area contributed by atoms with Gasteiger partial charge in [0.2, 0.25) is 0 Å². The quantitative estimate of drug-likeness (QED) is 0.776. The van der Waals surface area contributed by atoms with Crippen LogP contribution in [0.5, 0.6) is 10.9 Å². The number of benzene rings is 1. The Bertz CT molecular complexity index is 692. The fourth-order valence-corrected chi connectivity index (χ4v) is 2.86. The van der Waals surface area contributed by atoms with Crippen LogP contribution >= 0.6 is 22.7 Å². The Hall–Kier alpha value is -2.18. The molecule has 6 heteroatoms. The Balaban J connectivity index is 1.56. The van der Waals surface area contributed by atoms with Crippen molar-refractivity contribution in [2.45, 2.75) is 6.54 Å². The van der Waals surface area contributed by atoms with Crippen LogP contribution in [-0.4, -0.2) is 10.9 Å². The largest absolute Gasteiger partial charge is 0.431 e. The fourth-order valence-electron chi connectivity index (χ4n) is 1.71. The maximum atomic E-state index is 11.8. The number of thiazole rings is 1. The smallest absolute Gasteiger partial charge is 0.278 e. The Morgan fingerprint density at radius 3 is 2.67 bits per heavy atom. The molecule has 0 unspecified atom stereocenters. The zero-order valence-electron chi connectivity index (χ0n) is 11.0. The lowest BCUT2D eigenvalue weighted by molar-refractivity contribution is 0.0955. The van der Waals surface area contributed by atoms with Gasteiger partial charge >= 0.3 is 0 Å². The van der Waals surface area contributed by atoms with Crippen molar-refractivity contribution in [2.24, 2.45) is 0 Å². The summed E-state index contributed by atoms with van der Waals surface area (Å²) in [6.45, 7) is 0.494. The van der Waals surface area contributed by atoms with Crippen LogP contribution in [-0.2, 0) is 6.54 Å². The van der Waals surface area contributed by atoms with Crippen LogP contribution in [0.15, 0.2) is 53.4 Å². The van der Waals surface area contributed by atoms with E-state index in [9.17, 15) is 4.79 Å². The molecule has 0 fully saturated rings. The van der Waals surface area contributed by atoms with Crippen LogP contribution in [0.25, 0.3) is 0 Å². The second-order valence-electron chi connectivity index (χ2n) is 4.20. The van der Waals surface area contributed by atoms with Gasteiger partial charge in [-0.05, 0) is 29.1 Å². The number of nitrogens with zero attached hydrogens (tertiary/aromatic N) is 1. The van der Waals surface area contributed by atoms with Crippen molar-refractivity contribution in [1.82, 2.24) is 10.3 Å². The van der Waals surface area contributed by atoms with Gasteiger partial charge in [0.05, 0.1) is 4.88 Å². The standard InChI is InChI=1S/C15H12N2O2S2/c18-14(13-2-1-8-20-13)17-10-11-3-5-12(6-4-11)19-15-16-7-9-21-15/h1-9H,10H2,(H,17,18). The third kappa shape index (κ3) is 3.68. The SMILES string of the molecule is O=C(NCc1ccc(Oc2nccs2)cc1)c1cccs1. The lowest BCUT2D eigenvalue weighted by Gasteiger charge is -2.05. The van der Waals surface area contributed by atoms with Crippen molar-refractivity contribution < 1.29 is 9.53 Å². The molecule has 0 saturated carbocycles. The molecule has 2 aromatic heterocycles. The Morgan fingerprint density at radius 1 is 1.14 bits per heavy atom. The van der Waals surface area contributed by atoms with Gasteiger partial charge in [-0.1, -0.05) is 29.5 Å². The molecule has 3 rings (SSSR count). The number of amides is 1. The first-order valence-electron chi connectivity index (χ1n) is 6.29. The summed E-state index contributed by atoms with van der Waals surface area (Å²) in [5, 5.41) is 7.26. The lowest BCUT2D eigenvalue weighted by Crippen LogP contribution is -2.21. The molecule has 3 aromatic rings. The van der Waals surface area contributed by atoms with Crippen LogP contribution in [0.3, 0.4) is 0 Å². The van der Waals surface area contributed by atoms with Crippen LogP contribution in [0.4, 0.5) is 0 Å². The third-order valence-corrected chi connectivity index (χ3v) is 4.25. The Morgan fingerprint density at radius 2 is 2.00 bits per heavy atom. The second kappa shape index (κ2) is 6.51. The van der Waals surface area contributed by atoms with Gasteiger partial charge in [-0.3, -0.25) is 4.79 Å². The summed E-state index contributed by atoms with van der Waals surface area (Å²) in [6.07, 6.45) is 1.70. The summed E-state index contributed by atoms with van der Waals surface area (Å²) in [4.78, 5) is 16.6. The maximum Gasteiger partial charge on any atom is 0.278 e. The molecule has 0 radical (unpaired) electrons. The van der Waals surface area contributed by atoms with E-state index in [4.69, 9.17) is 4.74 Å². The van der Waals surface area contributed by atoms with E-state index in [1.807, 2.05) is 47.2 Å². The fraction of sp³-hybridized carbons (Fsp3) is 0.0667. The summed E-state index contributed by atoms with van der Waals surface area (Å²) in [7, 11) is 0. The molecule has 0 aliphatic rings. The van der Waals surface area contributed by atoms with E-state index in [2.05, 4.69) is 10.3 Å². The third-order valence-electron chi connectivity index (χ3n) is 2.74. The van der Waals surface area contributed by atoms with Crippen molar-refractivity contribution in [3.63, 3.8) is 0 Å². The molecule has 0 aliphatic heterocycles. The van der Waals surface area contributed by atoms with E-state index in [1.54, 1.807) is 6.20 Å². The summed E-state index contributed by atoms with van der Waals surface area (Å²) in [5.74, 6) is 0.686. The molecule has 0 aliphatic carbocycles.